The molecule has 5 atom stereocenters. The molecule has 42 heavy (non-hydrogen) atoms. The predicted octanol–water partition coefficient (Wildman–Crippen LogP) is 9.52. The van der Waals surface area contributed by atoms with E-state index < -0.39 is 0 Å². The van der Waals surface area contributed by atoms with Gasteiger partial charge >= 0.3 is 0 Å². The largest absolute Gasteiger partial charge is 0.437 e. The molecule has 9 rings (SSSR count). The van der Waals surface area contributed by atoms with Crippen molar-refractivity contribution in [1.82, 2.24) is 9.97 Å². The van der Waals surface area contributed by atoms with Gasteiger partial charge in [0.2, 0.25) is 11.0 Å². The van der Waals surface area contributed by atoms with Gasteiger partial charge in [0.05, 0.1) is 5.39 Å². The van der Waals surface area contributed by atoms with E-state index in [1.54, 1.807) is 0 Å². The molecule has 204 valence electrons. The summed E-state index contributed by atoms with van der Waals surface area (Å²) in [6, 6.07) is 24.6. The molecule has 1 spiro atoms. The molecule has 0 bridgehead atoms. The number of nitrogens with zero attached hydrogens (tertiary/aromatic N) is 2. The second-order valence-corrected chi connectivity index (χ2v) is 13.1. The summed E-state index contributed by atoms with van der Waals surface area (Å²) in [5, 5.41) is 1.95. The van der Waals surface area contributed by atoms with Gasteiger partial charge in [0, 0.05) is 33.5 Å². The average Bonchev–Trinajstić information content (AvgIpc) is 3.56. The SMILES string of the molecule is CC12C=CC=CC1C1(c3ccccc32)c2ccccc2C2(C)C(c3ccc4oc5nc(Cl)nc(Cl)c5c4c3)=CC=CC21. The fraction of sp³-hybridized carbons (Fsp3) is 0.189. The highest BCUT2D eigenvalue weighted by Crippen LogP contribution is 2.72. The van der Waals surface area contributed by atoms with Crippen LogP contribution in [0.15, 0.2) is 114 Å². The van der Waals surface area contributed by atoms with Crippen molar-refractivity contribution in [2.24, 2.45) is 11.8 Å². The summed E-state index contributed by atoms with van der Waals surface area (Å²) in [7, 11) is 0. The second-order valence-electron chi connectivity index (χ2n) is 12.4. The highest BCUT2D eigenvalue weighted by molar-refractivity contribution is 6.37. The molecule has 4 aliphatic rings. The Labute approximate surface area is 253 Å². The van der Waals surface area contributed by atoms with Gasteiger partial charge < -0.3 is 4.42 Å². The van der Waals surface area contributed by atoms with Crippen LogP contribution in [-0.4, -0.2) is 9.97 Å². The van der Waals surface area contributed by atoms with Gasteiger partial charge in [0.25, 0.3) is 0 Å². The summed E-state index contributed by atoms with van der Waals surface area (Å²) < 4.78 is 6.04. The van der Waals surface area contributed by atoms with Gasteiger partial charge in [-0.2, -0.15) is 4.98 Å². The van der Waals surface area contributed by atoms with Crippen LogP contribution < -0.4 is 0 Å². The van der Waals surface area contributed by atoms with Gasteiger partial charge in [-0.1, -0.05) is 123 Å². The Bertz CT molecular complexity index is 2140. The van der Waals surface area contributed by atoms with E-state index in [1.807, 2.05) is 6.07 Å². The number of aromatic nitrogens is 2. The van der Waals surface area contributed by atoms with Gasteiger partial charge in [-0.15, -0.1) is 0 Å². The first-order valence-corrected chi connectivity index (χ1v) is 15.1. The quantitative estimate of drug-likeness (QED) is 0.145. The maximum Gasteiger partial charge on any atom is 0.233 e. The number of hydrogen-bond acceptors (Lipinski definition) is 3. The Morgan fingerprint density at radius 3 is 2.29 bits per heavy atom. The third kappa shape index (κ3) is 2.75. The fourth-order valence-electron chi connectivity index (χ4n) is 9.12. The number of fused-ring (bicyclic) bond motifs is 13. The Kier molecular flexibility index (Phi) is 4.77. The van der Waals surface area contributed by atoms with E-state index in [-0.39, 0.29) is 33.4 Å². The molecular weight excluding hydrogens is 559 g/mol. The molecule has 5 heteroatoms. The third-order valence-electron chi connectivity index (χ3n) is 10.7. The van der Waals surface area contributed by atoms with E-state index in [2.05, 4.69) is 127 Å². The van der Waals surface area contributed by atoms with Crippen molar-refractivity contribution in [3.63, 3.8) is 0 Å². The molecule has 0 aliphatic heterocycles. The lowest BCUT2D eigenvalue weighted by atomic mass is 9.55. The first-order chi connectivity index (χ1) is 20.4. The number of allylic oxidation sites excluding steroid dienone is 8. The van der Waals surface area contributed by atoms with Crippen molar-refractivity contribution < 1.29 is 4.42 Å². The van der Waals surface area contributed by atoms with Gasteiger partial charge in [-0.25, -0.2) is 4.98 Å². The summed E-state index contributed by atoms with van der Waals surface area (Å²) in [6.07, 6.45) is 16.4. The zero-order valence-corrected chi connectivity index (χ0v) is 24.6. The van der Waals surface area contributed by atoms with Crippen molar-refractivity contribution in [3.8, 4) is 0 Å². The lowest BCUT2D eigenvalue weighted by molar-refractivity contribution is 0.241. The first-order valence-electron chi connectivity index (χ1n) is 14.4. The molecule has 3 nitrogen and oxygen atoms in total. The third-order valence-corrected chi connectivity index (χ3v) is 11.1. The molecule has 3 aromatic carbocycles. The number of hydrogen-bond donors (Lipinski definition) is 0. The highest BCUT2D eigenvalue weighted by atomic mass is 35.5. The van der Waals surface area contributed by atoms with Crippen LogP contribution in [0.5, 0.6) is 0 Å². The van der Waals surface area contributed by atoms with Crippen LogP contribution in [0.1, 0.15) is 41.7 Å². The molecule has 2 aromatic heterocycles. The minimum Gasteiger partial charge on any atom is -0.437 e. The van der Waals surface area contributed by atoms with Crippen LogP contribution in [0, 0.1) is 11.8 Å². The number of halogens is 2. The van der Waals surface area contributed by atoms with E-state index in [0.29, 0.717) is 21.8 Å². The van der Waals surface area contributed by atoms with Crippen LogP contribution in [-0.2, 0) is 16.2 Å². The maximum atomic E-state index is 6.58. The summed E-state index contributed by atoms with van der Waals surface area (Å²) in [6.45, 7) is 4.86. The Morgan fingerprint density at radius 2 is 1.48 bits per heavy atom. The molecule has 4 aliphatic carbocycles. The maximum absolute atomic E-state index is 6.58. The molecule has 2 heterocycles. The minimum atomic E-state index is -0.282. The molecule has 5 unspecified atom stereocenters. The summed E-state index contributed by atoms with van der Waals surface area (Å²) in [5.74, 6) is 0.486. The lowest BCUT2D eigenvalue weighted by Crippen LogP contribution is -2.46. The van der Waals surface area contributed by atoms with Gasteiger partial charge in [0.1, 0.15) is 10.7 Å². The summed E-state index contributed by atoms with van der Waals surface area (Å²) in [4.78, 5) is 8.49. The van der Waals surface area contributed by atoms with Crippen LogP contribution in [0.25, 0.3) is 27.6 Å². The van der Waals surface area contributed by atoms with Gasteiger partial charge in [0.15, 0.2) is 0 Å². The lowest BCUT2D eigenvalue weighted by Gasteiger charge is -2.47. The highest BCUT2D eigenvalue weighted by Gasteiger charge is 2.68. The second kappa shape index (κ2) is 8.12. The Morgan fingerprint density at radius 1 is 0.762 bits per heavy atom. The van der Waals surface area contributed by atoms with Gasteiger partial charge in [-0.3, -0.25) is 0 Å². The normalized spacial score (nSPS) is 30.0. The standard InChI is InChI=1S/C37H26Cl2N2O/c1-35-19-8-7-15-29(35)37(26-12-5-3-10-24(26)35)27-13-6-4-11-25(27)36(2)23(14-9-16-30(36)37)21-17-18-28-22(20-21)31-32(38)40-34(39)41-33(31)42-28/h3-20,29-30H,1-2H3. The molecular formula is C37H26Cl2N2O. The zero-order valence-electron chi connectivity index (χ0n) is 23.1. The predicted molar refractivity (Wildman–Crippen MR) is 170 cm³/mol. The average molecular weight is 586 g/mol. The molecule has 0 amide bonds. The van der Waals surface area contributed by atoms with E-state index in [4.69, 9.17) is 27.6 Å². The van der Waals surface area contributed by atoms with Crippen molar-refractivity contribution >= 4 is 50.8 Å². The minimum absolute atomic E-state index is 0.0746. The van der Waals surface area contributed by atoms with Crippen molar-refractivity contribution in [2.75, 3.05) is 0 Å². The number of furan rings is 1. The molecule has 0 saturated carbocycles. The van der Waals surface area contributed by atoms with Crippen molar-refractivity contribution in [3.05, 3.63) is 148 Å². The van der Waals surface area contributed by atoms with Crippen LogP contribution in [0.4, 0.5) is 0 Å². The Hall–Kier alpha value is -3.92. The molecule has 0 saturated heterocycles. The number of rotatable bonds is 1. The van der Waals surface area contributed by atoms with E-state index in [0.717, 1.165) is 10.9 Å². The Balaban J connectivity index is 1.32. The van der Waals surface area contributed by atoms with Crippen molar-refractivity contribution in [2.45, 2.75) is 30.1 Å². The monoisotopic (exact) mass is 584 g/mol. The first kappa shape index (κ1) is 24.7. The van der Waals surface area contributed by atoms with E-state index in [1.165, 1.54) is 27.8 Å². The molecule has 0 N–H and O–H groups in total. The van der Waals surface area contributed by atoms with Crippen LogP contribution in [0.3, 0.4) is 0 Å². The van der Waals surface area contributed by atoms with Crippen molar-refractivity contribution in [1.29, 1.82) is 0 Å². The smallest absolute Gasteiger partial charge is 0.233 e. The molecule has 5 aromatic rings. The summed E-state index contributed by atoms with van der Waals surface area (Å²) >= 11 is 12.7. The number of benzene rings is 3. The fourth-order valence-corrected chi connectivity index (χ4v) is 9.59. The van der Waals surface area contributed by atoms with Gasteiger partial charge in [-0.05, 0) is 57.1 Å². The molecule has 0 fully saturated rings. The van der Waals surface area contributed by atoms with Crippen LogP contribution in [0.2, 0.25) is 10.4 Å². The topological polar surface area (TPSA) is 38.9 Å². The van der Waals surface area contributed by atoms with E-state index >= 15 is 0 Å². The van der Waals surface area contributed by atoms with Crippen LogP contribution >= 0.6 is 23.2 Å². The van der Waals surface area contributed by atoms with E-state index in [9.17, 15) is 0 Å². The molecule has 0 radical (unpaired) electrons. The summed E-state index contributed by atoms with van der Waals surface area (Å²) in [5.41, 5.74) is 8.62. The zero-order chi connectivity index (χ0) is 28.4.